The third-order valence-corrected chi connectivity index (χ3v) is 5.21. The van der Waals surface area contributed by atoms with Gasteiger partial charge < -0.3 is 0 Å². The molecule has 2 nitrogen and oxygen atoms in total. The fourth-order valence-corrected chi connectivity index (χ4v) is 3.88. The van der Waals surface area contributed by atoms with Crippen molar-refractivity contribution in [1.29, 1.82) is 0 Å². The molecule has 1 heterocycles. The Labute approximate surface area is 144 Å². The van der Waals surface area contributed by atoms with Crippen LogP contribution in [0.25, 0.3) is 0 Å². The lowest BCUT2D eigenvalue weighted by atomic mass is 10.1. The van der Waals surface area contributed by atoms with Crippen molar-refractivity contribution in [2.45, 2.75) is 23.2 Å². The molecule has 2 aromatic rings. The number of hydrogen-bond acceptors (Lipinski definition) is 3. The van der Waals surface area contributed by atoms with E-state index >= 15 is 0 Å². The van der Waals surface area contributed by atoms with E-state index in [4.69, 9.17) is 23.2 Å². The minimum Gasteiger partial charge on any atom is -0.292 e. The van der Waals surface area contributed by atoms with Crippen molar-refractivity contribution in [2.75, 3.05) is 6.54 Å². The standard InChI is InChI=1S/C17H16Cl2N2S/c18-13-6-7-15(19)12(10-13)11-22-16-5-2-1-4-14(16)17-20-8-3-9-21-17/h1-2,4-8,10,17,21H,3,9,11H2. The largest absolute Gasteiger partial charge is 0.292 e. The number of benzene rings is 2. The number of hydrogen-bond donors (Lipinski definition) is 1. The van der Waals surface area contributed by atoms with Crippen LogP contribution in [0.3, 0.4) is 0 Å². The molecule has 1 aliphatic rings. The molecule has 114 valence electrons. The average Bonchev–Trinajstić information content (AvgIpc) is 2.57. The highest BCUT2D eigenvalue weighted by atomic mass is 35.5. The highest BCUT2D eigenvalue weighted by Crippen LogP contribution is 2.33. The molecule has 0 fully saturated rings. The van der Waals surface area contributed by atoms with Crippen LogP contribution < -0.4 is 5.32 Å². The molecule has 0 aliphatic carbocycles. The second kappa shape index (κ2) is 7.51. The summed E-state index contributed by atoms with van der Waals surface area (Å²) in [5.41, 5.74) is 2.26. The predicted molar refractivity (Wildman–Crippen MR) is 96.3 cm³/mol. The summed E-state index contributed by atoms with van der Waals surface area (Å²) in [5.74, 6) is 0.785. The molecule has 2 aromatic carbocycles. The Kier molecular flexibility index (Phi) is 5.42. The van der Waals surface area contributed by atoms with Crippen molar-refractivity contribution in [1.82, 2.24) is 5.32 Å². The first kappa shape index (κ1) is 15.9. The van der Waals surface area contributed by atoms with Gasteiger partial charge in [0.05, 0.1) is 0 Å². The summed E-state index contributed by atoms with van der Waals surface area (Å²) in [7, 11) is 0. The van der Waals surface area contributed by atoms with Gasteiger partial charge in [-0.1, -0.05) is 41.4 Å². The molecule has 0 spiro atoms. The van der Waals surface area contributed by atoms with E-state index in [1.807, 2.05) is 24.4 Å². The van der Waals surface area contributed by atoms with Crippen molar-refractivity contribution in [3.8, 4) is 0 Å². The fraction of sp³-hybridized carbons (Fsp3) is 0.235. The normalized spacial score (nSPS) is 17.6. The summed E-state index contributed by atoms with van der Waals surface area (Å²) < 4.78 is 0. The molecule has 1 aliphatic heterocycles. The lowest BCUT2D eigenvalue weighted by molar-refractivity contribution is 0.540. The molecule has 0 radical (unpaired) electrons. The smallest absolute Gasteiger partial charge is 0.126 e. The van der Waals surface area contributed by atoms with Gasteiger partial charge in [-0.3, -0.25) is 10.3 Å². The van der Waals surface area contributed by atoms with E-state index in [1.165, 1.54) is 10.5 Å². The van der Waals surface area contributed by atoms with Crippen LogP contribution in [0.4, 0.5) is 0 Å². The van der Waals surface area contributed by atoms with E-state index in [1.54, 1.807) is 11.8 Å². The maximum absolute atomic E-state index is 6.24. The fourth-order valence-electron chi connectivity index (χ4n) is 2.35. The molecule has 1 N–H and O–H groups in total. The molecule has 1 atom stereocenters. The van der Waals surface area contributed by atoms with E-state index in [2.05, 4.69) is 34.6 Å². The summed E-state index contributed by atoms with van der Waals surface area (Å²) in [5, 5.41) is 4.90. The first-order valence-corrected chi connectivity index (χ1v) is 8.89. The van der Waals surface area contributed by atoms with Gasteiger partial charge in [0.15, 0.2) is 0 Å². The molecule has 3 rings (SSSR count). The van der Waals surface area contributed by atoms with Crippen molar-refractivity contribution >= 4 is 41.2 Å². The van der Waals surface area contributed by atoms with Gasteiger partial charge in [-0.25, -0.2) is 0 Å². The van der Waals surface area contributed by atoms with Crippen LogP contribution in [0.1, 0.15) is 23.7 Å². The minimum atomic E-state index is 0.0484. The van der Waals surface area contributed by atoms with E-state index in [-0.39, 0.29) is 6.17 Å². The van der Waals surface area contributed by atoms with Crippen molar-refractivity contribution < 1.29 is 0 Å². The maximum atomic E-state index is 6.24. The first-order valence-electron chi connectivity index (χ1n) is 7.15. The summed E-state index contributed by atoms with van der Waals surface area (Å²) in [6.07, 6.45) is 3.03. The van der Waals surface area contributed by atoms with E-state index in [9.17, 15) is 0 Å². The van der Waals surface area contributed by atoms with Gasteiger partial charge in [0.25, 0.3) is 0 Å². The number of rotatable bonds is 4. The number of aliphatic imine (C=N–C) groups is 1. The monoisotopic (exact) mass is 350 g/mol. The molecule has 0 saturated heterocycles. The average molecular weight is 351 g/mol. The Hall–Kier alpha value is -1.00. The van der Waals surface area contributed by atoms with E-state index in [0.29, 0.717) is 5.02 Å². The van der Waals surface area contributed by atoms with E-state index < -0.39 is 0 Å². The first-order chi connectivity index (χ1) is 10.7. The highest BCUT2D eigenvalue weighted by Gasteiger charge is 2.15. The zero-order valence-corrected chi connectivity index (χ0v) is 14.3. The van der Waals surface area contributed by atoms with Crippen LogP contribution >= 0.6 is 35.0 Å². The topological polar surface area (TPSA) is 24.4 Å². The summed E-state index contributed by atoms with van der Waals surface area (Å²) >= 11 is 14.1. The Morgan fingerprint density at radius 2 is 2.05 bits per heavy atom. The Morgan fingerprint density at radius 1 is 1.18 bits per heavy atom. The zero-order chi connectivity index (χ0) is 15.4. The second-order valence-corrected chi connectivity index (χ2v) is 6.90. The Balaban J connectivity index is 1.79. The molecular weight excluding hydrogens is 335 g/mol. The molecule has 5 heteroatoms. The van der Waals surface area contributed by atoms with Crippen molar-refractivity contribution in [3.63, 3.8) is 0 Å². The van der Waals surface area contributed by atoms with Gasteiger partial charge in [0.2, 0.25) is 0 Å². The third-order valence-electron chi connectivity index (χ3n) is 3.47. The van der Waals surface area contributed by atoms with Crippen molar-refractivity contribution in [3.05, 3.63) is 63.6 Å². The quantitative estimate of drug-likeness (QED) is 0.751. The lowest BCUT2D eigenvalue weighted by Gasteiger charge is -2.20. The highest BCUT2D eigenvalue weighted by molar-refractivity contribution is 7.98. The van der Waals surface area contributed by atoms with Gasteiger partial charge in [-0.15, -0.1) is 11.8 Å². The van der Waals surface area contributed by atoms with Crippen LogP contribution in [0.2, 0.25) is 10.0 Å². The summed E-state index contributed by atoms with van der Waals surface area (Å²) in [6.45, 7) is 0.966. The Bertz CT molecular complexity index is 688. The second-order valence-electron chi connectivity index (χ2n) is 5.04. The minimum absolute atomic E-state index is 0.0484. The molecule has 0 amide bonds. The molecule has 0 saturated carbocycles. The number of thioether (sulfide) groups is 1. The Morgan fingerprint density at radius 3 is 2.86 bits per heavy atom. The molecule has 22 heavy (non-hydrogen) atoms. The SMILES string of the molecule is Clc1ccc(Cl)c(CSc2ccccc2C2N=CCCN2)c1. The van der Waals surface area contributed by atoms with E-state index in [0.717, 1.165) is 29.3 Å². The summed E-state index contributed by atoms with van der Waals surface area (Å²) in [6, 6.07) is 13.9. The molecule has 0 aromatic heterocycles. The van der Waals surface area contributed by atoms with Gasteiger partial charge in [-0.05, 0) is 36.2 Å². The van der Waals surface area contributed by atoms with Gasteiger partial charge >= 0.3 is 0 Å². The predicted octanol–water partition coefficient (Wildman–Crippen LogP) is 5.35. The maximum Gasteiger partial charge on any atom is 0.126 e. The van der Waals surface area contributed by atoms with Crippen LogP contribution in [-0.4, -0.2) is 12.8 Å². The summed E-state index contributed by atoms with van der Waals surface area (Å²) in [4.78, 5) is 5.77. The van der Waals surface area contributed by atoms with Crippen LogP contribution in [0, 0.1) is 0 Å². The van der Waals surface area contributed by atoms with Crippen molar-refractivity contribution in [2.24, 2.45) is 4.99 Å². The van der Waals surface area contributed by atoms with Crippen LogP contribution in [0.5, 0.6) is 0 Å². The lowest BCUT2D eigenvalue weighted by Crippen LogP contribution is -2.25. The molecule has 1 unspecified atom stereocenters. The van der Waals surface area contributed by atoms with Gasteiger partial charge in [-0.2, -0.15) is 0 Å². The van der Waals surface area contributed by atoms with Crippen LogP contribution in [0.15, 0.2) is 52.4 Å². The number of nitrogens with one attached hydrogen (secondary N) is 1. The number of nitrogens with zero attached hydrogens (tertiary/aromatic N) is 1. The van der Waals surface area contributed by atoms with Gasteiger partial charge in [0, 0.05) is 39.0 Å². The van der Waals surface area contributed by atoms with Crippen LogP contribution in [-0.2, 0) is 5.75 Å². The number of halogens is 2. The zero-order valence-electron chi connectivity index (χ0n) is 11.9. The van der Waals surface area contributed by atoms with Gasteiger partial charge in [0.1, 0.15) is 6.17 Å². The molecule has 0 bridgehead atoms. The molecular formula is C17H16Cl2N2S. The third kappa shape index (κ3) is 3.85.